The van der Waals surface area contributed by atoms with Crippen LogP contribution in [0.25, 0.3) is 55.0 Å². The van der Waals surface area contributed by atoms with Gasteiger partial charge in [0.1, 0.15) is 0 Å². The molecule has 0 amide bonds. The third kappa shape index (κ3) is 3.92. The van der Waals surface area contributed by atoms with Crippen molar-refractivity contribution in [3.8, 4) is 33.2 Å². The minimum absolute atomic E-state index is 0.558. The molecule has 7 rings (SSSR count). The van der Waals surface area contributed by atoms with E-state index in [1.54, 1.807) is 11.3 Å². The van der Waals surface area contributed by atoms with Crippen LogP contribution in [0.1, 0.15) is 54.3 Å². The Hall–Kier alpha value is -3.91. The Morgan fingerprint density at radius 2 is 1.76 bits per heavy atom. The zero-order valence-corrected chi connectivity index (χ0v) is 21.7. The Morgan fingerprint density at radius 1 is 0.892 bits per heavy atom. The molecule has 4 aromatic heterocycles. The van der Waals surface area contributed by atoms with Gasteiger partial charge in [-0.25, -0.2) is 9.97 Å². The van der Waals surface area contributed by atoms with Gasteiger partial charge in [0.25, 0.3) is 0 Å². The number of nitrogens with zero attached hydrogens (tertiary/aromatic N) is 5. The lowest BCUT2D eigenvalue weighted by atomic mass is 9.81. The smallest absolute Gasteiger partial charge is 0.204 e. The van der Waals surface area contributed by atoms with E-state index >= 15 is 0 Å². The molecule has 0 unspecified atom stereocenters. The number of tetrazole rings is 1. The summed E-state index contributed by atoms with van der Waals surface area (Å²) < 4.78 is 0. The van der Waals surface area contributed by atoms with Crippen molar-refractivity contribution in [1.29, 1.82) is 0 Å². The molecule has 0 saturated heterocycles. The van der Waals surface area contributed by atoms with E-state index in [0.29, 0.717) is 11.7 Å². The molecule has 37 heavy (non-hydrogen) atoms. The first kappa shape index (κ1) is 22.3. The number of aryl methyl sites for hydroxylation is 2. The lowest BCUT2D eigenvalue weighted by Gasteiger charge is -2.23. The van der Waals surface area contributed by atoms with E-state index in [1.807, 2.05) is 6.92 Å². The second kappa shape index (κ2) is 8.88. The predicted molar refractivity (Wildman–Crippen MR) is 149 cm³/mol. The van der Waals surface area contributed by atoms with E-state index in [2.05, 4.69) is 86.0 Å². The number of hydrogen-bond donors (Lipinski definition) is 2. The second-order valence-electron chi connectivity index (χ2n) is 10.00. The van der Waals surface area contributed by atoms with Crippen molar-refractivity contribution in [3.05, 3.63) is 64.8 Å². The zero-order valence-electron chi connectivity index (χ0n) is 20.9. The molecule has 0 radical (unpaired) electrons. The monoisotopic (exact) mass is 505 g/mol. The van der Waals surface area contributed by atoms with Crippen LogP contribution in [-0.4, -0.2) is 35.6 Å². The number of aromatic nitrogens is 7. The number of fused-ring (bicyclic) bond motifs is 2. The number of H-pyrrole nitrogens is 2. The number of pyridine rings is 1. The minimum Gasteiger partial charge on any atom is -0.354 e. The van der Waals surface area contributed by atoms with Gasteiger partial charge < -0.3 is 4.98 Å². The Balaban J connectivity index is 1.35. The van der Waals surface area contributed by atoms with E-state index in [9.17, 15) is 0 Å². The summed E-state index contributed by atoms with van der Waals surface area (Å²) >= 11 is 1.70. The highest BCUT2D eigenvalue weighted by molar-refractivity contribution is 7.15. The summed E-state index contributed by atoms with van der Waals surface area (Å²) in [5.74, 6) is 1.17. The van der Waals surface area contributed by atoms with Crippen LogP contribution in [0.15, 0.2) is 48.5 Å². The fourth-order valence-corrected chi connectivity index (χ4v) is 6.75. The fourth-order valence-electron chi connectivity index (χ4n) is 5.86. The molecule has 6 aromatic rings. The number of rotatable bonds is 4. The van der Waals surface area contributed by atoms with Gasteiger partial charge in [0.2, 0.25) is 5.82 Å². The van der Waals surface area contributed by atoms with E-state index in [-0.39, 0.29) is 0 Å². The Kier molecular flexibility index (Phi) is 5.35. The molecule has 4 heterocycles. The summed E-state index contributed by atoms with van der Waals surface area (Å²) in [6.07, 6.45) is 6.38. The van der Waals surface area contributed by atoms with Gasteiger partial charge in [-0.2, -0.15) is 5.21 Å². The van der Waals surface area contributed by atoms with Gasteiger partial charge in [-0.15, -0.1) is 21.5 Å². The van der Waals surface area contributed by atoms with Gasteiger partial charge in [0, 0.05) is 27.5 Å². The van der Waals surface area contributed by atoms with E-state index in [4.69, 9.17) is 4.98 Å². The summed E-state index contributed by atoms with van der Waals surface area (Å²) in [5.41, 5.74) is 8.95. The number of hydrogen-bond acceptors (Lipinski definition) is 6. The molecule has 0 aliphatic heterocycles. The number of benzene rings is 2. The van der Waals surface area contributed by atoms with Crippen LogP contribution in [0.5, 0.6) is 0 Å². The number of nitrogens with one attached hydrogen (secondary N) is 2. The molecular weight excluding hydrogens is 478 g/mol. The largest absolute Gasteiger partial charge is 0.354 e. The van der Waals surface area contributed by atoms with Gasteiger partial charge in [-0.3, -0.25) is 0 Å². The van der Waals surface area contributed by atoms with Crippen LogP contribution in [0.4, 0.5) is 0 Å². The molecule has 184 valence electrons. The number of aromatic amines is 2. The lowest BCUT2D eigenvalue weighted by Crippen LogP contribution is -2.05. The summed E-state index contributed by atoms with van der Waals surface area (Å²) in [6.45, 7) is 4.10. The van der Waals surface area contributed by atoms with Crippen LogP contribution in [0, 0.1) is 13.8 Å². The fraction of sp³-hybridized carbons (Fsp3) is 0.276. The molecule has 7 nitrogen and oxygen atoms in total. The summed E-state index contributed by atoms with van der Waals surface area (Å²) in [6, 6.07) is 17.4. The van der Waals surface area contributed by atoms with E-state index < -0.39 is 0 Å². The van der Waals surface area contributed by atoms with Gasteiger partial charge in [0.15, 0.2) is 0 Å². The van der Waals surface area contributed by atoms with Crippen molar-refractivity contribution >= 4 is 33.1 Å². The number of thiazole rings is 1. The molecule has 1 saturated carbocycles. The van der Waals surface area contributed by atoms with Crippen LogP contribution in [-0.2, 0) is 0 Å². The SMILES string of the molecule is Cc1nc(C)c(-c2ccc3cc(-c4[nH]c5cc(-c6nn[nH]n6)ccc5c4C4CCCCC4)ccc3n2)s1. The van der Waals surface area contributed by atoms with Crippen molar-refractivity contribution in [2.45, 2.75) is 51.9 Å². The van der Waals surface area contributed by atoms with E-state index in [1.165, 1.54) is 54.3 Å². The van der Waals surface area contributed by atoms with Gasteiger partial charge in [-0.05, 0) is 73.2 Å². The average Bonchev–Trinajstić information content (AvgIpc) is 3.67. The van der Waals surface area contributed by atoms with Gasteiger partial charge in [-0.1, -0.05) is 43.5 Å². The van der Waals surface area contributed by atoms with Gasteiger partial charge in [0.05, 0.1) is 26.8 Å². The van der Waals surface area contributed by atoms with Gasteiger partial charge >= 0.3 is 0 Å². The summed E-state index contributed by atoms with van der Waals surface area (Å²) in [4.78, 5) is 14.5. The van der Waals surface area contributed by atoms with Crippen molar-refractivity contribution in [2.75, 3.05) is 0 Å². The zero-order chi connectivity index (χ0) is 24.9. The minimum atomic E-state index is 0.558. The molecule has 0 bridgehead atoms. The maximum absolute atomic E-state index is 4.99. The quantitative estimate of drug-likeness (QED) is 0.261. The normalized spacial score (nSPS) is 14.6. The van der Waals surface area contributed by atoms with Crippen molar-refractivity contribution in [2.24, 2.45) is 0 Å². The Bertz CT molecular complexity index is 1740. The Labute approximate surface area is 218 Å². The second-order valence-corrected chi connectivity index (χ2v) is 11.2. The van der Waals surface area contributed by atoms with Crippen molar-refractivity contribution < 1.29 is 0 Å². The summed E-state index contributed by atoms with van der Waals surface area (Å²) in [7, 11) is 0. The summed E-state index contributed by atoms with van der Waals surface area (Å²) in [5, 5.41) is 18.1. The van der Waals surface area contributed by atoms with E-state index in [0.717, 1.165) is 43.3 Å². The standard InChI is InChI=1S/C29H27N7S/c1-16-28(37-17(2)30-16)24-13-9-19-14-20(10-12-23(19)31-24)27-26(18-6-4-3-5-7-18)22-11-8-21(15-25(22)32-27)29-33-35-36-34-29/h8-15,18,32H,3-7H2,1-2H3,(H,33,34,35,36). The van der Waals surface area contributed by atoms with Crippen LogP contribution < -0.4 is 0 Å². The molecule has 1 aliphatic rings. The maximum atomic E-state index is 4.99. The molecular formula is C29H27N7S. The van der Waals surface area contributed by atoms with Crippen molar-refractivity contribution in [1.82, 2.24) is 35.6 Å². The predicted octanol–water partition coefficient (Wildman–Crippen LogP) is 7.35. The van der Waals surface area contributed by atoms with Crippen LogP contribution in [0.3, 0.4) is 0 Å². The first-order chi connectivity index (χ1) is 18.1. The molecule has 2 aromatic carbocycles. The van der Waals surface area contributed by atoms with Crippen LogP contribution >= 0.6 is 11.3 Å². The highest BCUT2D eigenvalue weighted by Gasteiger charge is 2.24. The third-order valence-corrected chi connectivity index (χ3v) is 8.67. The average molecular weight is 506 g/mol. The molecule has 0 spiro atoms. The molecule has 0 atom stereocenters. The molecule has 2 N–H and O–H groups in total. The maximum Gasteiger partial charge on any atom is 0.204 e. The highest BCUT2D eigenvalue weighted by atomic mass is 32.1. The highest BCUT2D eigenvalue weighted by Crippen LogP contribution is 2.43. The van der Waals surface area contributed by atoms with Crippen molar-refractivity contribution in [3.63, 3.8) is 0 Å². The molecule has 1 fully saturated rings. The van der Waals surface area contributed by atoms with Crippen LogP contribution in [0.2, 0.25) is 0 Å². The first-order valence-electron chi connectivity index (χ1n) is 12.9. The first-order valence-corrected chi connectivity index (χ1v) is 13.7. The lowest BCUT2D eigenvalue weighted by molar-refractivity contribution is 0.446. The third-order valence-electron chi connectivity index (χ3n) is 7.57. The topological polar surface area (TPSA) is 96.0 Å². The molecule has 8 heteroatoms. The Morgan fingerprint density at radius 3 is 2.54 bits per heavy atom. The molecule has 1 aliphatic carbocycles.